The van der Waals surface area contributed by atoms with Crippen LogP contribution in [-0.4, -0.2) is 25.7 Å². The van der Waals surface area contributed by atoms with Crippen molar-refractivity contribution in [3.8, 4) is 0 Å². The molecular formula is C13H19N5O. The van der Waals surface area contributed by atoms with Crippen LogP contribution in [0.15, 0.2) is 17.0 Å². The molecule has 1 saturated carbocycles. The van der Waals surface area contributed by atoms with Crippen molar-refractivity contribution in [3.05, 3.63) is 29.9 Å². The van der Waals surface area contributed by atoms with Crippen molar-refractivity contribution in [2.24, 2.45) is 0 Å². The van der Waals surface area contributed by atoms with E-state index >= 15 is 0 Å². The minimum Gasteiger partial charge on any atom is -0.337 e. The maximum atomic E-state index is 5.21. The van der Waals surface area contributed by atoms with Crippen LogP contribution >= 0.6 is 0 Å². The van der Waals surface area contributed by atoms with E-state index in [1.54, 1.807) is 0 Å². The van der Waals surface area contributed by atoms with Gasteiger partial charge in [-0.1, -0.05) is 12.1 Å². The molecule has 0 bridgehead atoms. The first-order valence-corrected chi connectivity index (χ1v) is 6.89. The van der Waals surface area contributed by atoms with Crippen LogP contribution in [0, 0.1) is 0 Å². The van der Waals surface area contributed by atoms with Gasteiger partial charge < -0.3 is 14.4 Å². The first-order chi connectivity index (χ1) is 9.33. The number of hydrogen-bond donors (Lipinski definition) is 1. The van der Waals surface area contributed by atoms with E-state index in [-0.39, 0.29) is 0 Å². The molecule has 6 heteroatoms. The Kier molecular flexibility index (Phi) is 3.59. The predicted molar refractivity (Wildman–Crippen MR) is 69.5 cm³/mol. The van der Waals surface area contributed by atoms with Crippen LogP contribution in [0.2, 0.25) is 0 Å². The largest absolute Gasteiger partial charge is 0.337 e. The Balaban J connectivity index is 1.55. The molecule has 0 amide bonds. The van der Waals surface area contributed by atoms with E-state index in [0.29, 0.717) is 18.5 Å². The molecule has 1 fully saturated rings. The lowest BCUT2D eigenvalue weighted by Crippen LogP contribution is -2.15. The van der Waals surface area contributed by atoms with Gasteiger partial charge in [0.15, 0.2) is 5.82 Å². The van der Waals surface area contributed by atoms with Gasteiger partial charge in [-0.05, 0) is 19.3 Å². The lowest BCUT2D eigenvalue weighted by atomic mass is 10.3. The molecule has 1 aliphatic rings. The second kappa shape index (κ2) is 5.52. The van der Waals surface area contributed by atoms with Crippen molar-refractivity contribution in [2.45, 2.75) is 51.7 Å². The molecule has 2 aromatic heterocycles. The minimum absolute atomic E-state index is 0.590. The highest BCUT2D eigenvalue weighted by molar-refractivity contribution is 4.99. The van der Waals surface area contributed by atoms with Crippen LogP contribution in [0.25, 0.3) is 0 Å². The highest BCUT2D eigenvalue weighted by Crippen LogP contribution is 2.19. The quantitative estimate of drug-likeness (QED) is 0.818. The summed E-state index contributed by atoms with van der Waals surface area (Å²) in [7, 11) is 0. The Morgan fingerprint density at radius 3 is 3.16 bits per heavy atom. The molecule has 0 unspecified atom stereocenters. The Bertz CT molecular complexity index is 529. The zero-order chi connectivity index (χ0) is 13.1. The molecule has 0 aromatic carbocycles. The van der Waals surface area contributed by atoms with Crippen LogP contribution in [0.1, 0.15) is 43.6 Å². The fraction of sp³-hybridized carbons (Fsp3) is 0.615. The maximum absolute atomic E-state index is 5.21. The van der Waals surface area contributed by atoms with E-state index in [2.05, 4.69) is 27.4 Å². The molecule has 19 heavy (non-hydrogen) atoms. The van der Waals surface area contributed by atoms with E-state index < -0.39 is 0 Å². The third-order valence-electron chi connectivity index (χ3n) is 3.14. The summed E-state index contributed by atoms with van der Waals surface area (Å²) in [4.78, 5) is 8.71. The van der Waals surface area contributed by atoms with Crippen molar-refractivity contribution in [2.75, 3.05) is 0 Å². The van der Waals surface area contributed by atoms with Crippen molar-refractivity contribution in [3.63, 3.8) is 0 Å². The van der Waals surface area contributed by atoms with Gasteiger partial charge in [0.1, 0.15) is 6.54 Å². The second-order valence-corrected chi connectivity index (χ2v) is 5.05. The molecule has 3 rings (SSSR count). The lowest BCUT2D eigenvalue weighted by molar-refractivity contribution is 0.366. The van der Waals surface area contributed by atoms with E-state index in [1.807, 2.05) is 17.1 Å². The van der Waals surface area contributed by atoms with Crippen molar-refractivity contribution < 1.29 is 4.52 Å². The molecule has 0 atom stereocenters. The molecule has 1 N–H and O–H groups in total. The van der Waals surface area contributed by atoms with Gasteiger partial charge in [-0.25, -0.2) is 4.98 Å². The standard InChI is InChI=1S/C13H19N5O/c1-2-3-12-16-13(19-17-12)8-18-7-11(15-9-18)6-14-10-4-5-10/h7,9-10,14H,2-6,8H2,1H3. The Morgan fingerprint density at radius 1 is 1.47 bits per heavy atom. The molecule has 6 nitrogen and oxygen atoms in total. The van der Waals surface area contributed by atoms with Gasteiger partial charge in [0, 0.05) is 25.2 Å². The van der Waals surface area contributed by atoms with E-state index in [4.69, 9.17) is 4.52 Å². The molecule has 0 radical (unpaired) electrons. The Morgan fingerprint density at radius 2 is 2.37 bits per heavy atom. The first kappa shape index (κ1) is 12.3. The molecule has 0 aliphatic heterocycles. The molecule has 0 saturated heterocycles. The predicted octanol–water partition coefficient (Wildman–Crippen LogP) is 1.52. The lowest BCUT2D eigenvalue weighted by Gasteiger charge is -1.98. The SMILES string of the molecule is CCCc1noc(Cn2cnc(CNC3CC3)c2)n1. The summed E-state index contributed by atoms with van der Waals surface area (Å²) in [6, 6.07) is 0.706. The third kappa shape index (κ3) is 3.41. The van der Waals surface area contributed by atoms with E-state index in [0.717, 1.165) is 30.9 Å². The zero-order valence-corrected chi connectivity index (χ0v) is 11.2. The molecule has 2 aromatic rings. The summed E-state index contributed by atoms with van der Waals surface area (Å²) in [5.74, 6) is 1.43. The van der Waals surface area contributed by atoms with Gasteiger partial charge >= 0.3 is 0 Å². The van der Waals surface area contributed by atoms with E-state index in [1.165, 1.54) is 12.8 Å². The fourth-order valence-corrected chi connectivity index (χ4v) is 1.96. The van der Waals surface area contributed by atoms with Crippen molar-refractivity contribution in [1.29, 1.82) is 0 Å². The van der Waals surface area contributed by atoms with Gasteiger partial charge in [-0.3, -0.25) is 0 Å². The number of nitrogens with zero attached hydrogens (tertiary/aromatic N) is 4. The Hall–Kier alpha value is -1.69. The van der Waals surface area contributed by atoms with Crippen LogP contribution in [-0.2, 0) is 19.5 Å². The topological polar surface area (TPSA) is 68.8 Å². The maximum Gasteiger partial charge on any atom is 0.246 e. The minimum atomic E-state index is 0.590. The van der Waals surface area contributed by atoms with Gasteiger partial charge in [0.05, 0.1) is 12.0 Å². The number of aromatic nitrogens is 4. The summed E-state index contributed by atoms with van der Waals surface area (Å²) < 4.78 is 7.19. The van der Waals surface area contributed by atoms with Crippen molar-refractivity contribution >= 4 is 0 Å². The number of nitrogens with one attached hydrogen (secondary N) is 1. The van der Waals surface area contributed by atoms with Crippen LogP contribution < -0.4 is 5.32 Å². The second-order valence-electron chi connectivity index (χ2n) is 5.05. The van der Waals surface area contributed by atoms with Crippen LogP contribution in [0.5, 0.6) is 0 Å². The van der Waals surface area contributed by atoms with Gasteiger partial charge in [-0.15, -0.1) is 0 Å². The molecule has 1 aliphatic carbocycles. The highest BCUT2D eigenvalue weighted by atomic mass is 16.5. The van der Waals surface area contributed by atoms with Crippen LogP contribution in [0.3, 0.4) is 0 Å². The Labute approximate surface area is 112 Å². The van der Waals surface area contributed by atoms with Gasteiger partial charge in [0.2, 0.25) is 5.89 Å². The number of rotatable bonds is 7. The smallest absolute Gasteiger partial charge is 0.246 e. The normalized spacial score (nSPS) is 15.0. The number of imidazole rings is 1. The summed E-state index contributed by atoms with van der Waals surface area (Å²) in [5.41, 5.74) is 1.06. The summed E-state index contributed by atoms with van der Waals surface area (Å²) in [6.07, 6.45) is 8.32. The van der Waals surface area contributed by atoms with E-state index in [9.17, 15) is 0 Å². The first-order valence-electron chi connectivity index (χ1n) is 6.89. The molecular weight excluding hydrogens is 242 g/mol. The summed E-state index contributed by atoms with van der Waals surface area (Å²) in [5, 5.41) is 7.39. The average Bonchev–Trinajstić information content (AvgIpc) is 2.97. The molecule has 2 heterocycles. The summed E-state index contributed by atoms with van der Waals surface area (Å²) in [6.45, 7) is 3.53. The molecule has 0 spiro atoms. The third-order valence-corrected chi connectivity index (χ3v) is 3.14. The number of aryl methyl sites for hydroxylation is 1. The summed E-state index contributed by atoms with van der Waals surface area (Å²) >= 11 is 0. The van der Waals surface area contributed by atoms with Crippen molar-refractivity contribution in [1.82, 2.24) is 25.0 Å². The highest BCUT2D eigenvalue weighted by Gasteiger charge is 2.20. The number of hydrogen-bond acceptors (Lipinski definition) is 5. The fourth-order valence-electron chi connectivity index (χ4n) is 1.96. The van der Waals surface area contributed by atoms with Gasteiger partial charge in [-0.2, -0.15) is 4.98 Å². The monoisotopic (exact) mass is 261 g/mol. The molecule has 102 valence electrons. The van der Waals surface area contributed by atoms with Gasteiger partial charge in [0.25, 0.3) is 0 Å². The average molecular weight is 261 g/mol. The van der Waals surface area contributed by atoms with Crippen LogP contribution in [0.4, 0.5) is 0 Å². The zero-order valence-electron chi connectivity index (χ0n) is 11.2.